The van der Waals surface area contributed by atoms with Gasteiger partial charge in [0.05, 0.1) is 17.6 Å². The number of nitrogens with zero attached hydrogens (tertiary/aromatic N) is 4. The van der Waals surface area contributed by atoms with Crippen LogP contribution in [0.25, 0.3) is 0 Å². The number of amides is 1. The molecule has 1 amide bonds. The summed E-state index contributed by atoms with van der Waals surface area (Å²) in [6.07, 6.45) is 5.13. The molecule has 3 aliphatic heterocycles. The molecular formula is C21H25N5O3S. The molecule has 0 radical (unpaired) electrons. The average Bonchev–Trinajstić information content (AvgIpc) is 3.14. The molecule has 3 aliphatic rings. The molecule has 1 atom stereocenters. The van der Waals surface area contributed by atoms with Crippen LogP contribution in [-0.4, -0.2) is 72.9 Å². The zero-order valence-electron chi connectivity index (χ0n) is 16.6. The normalized spacial score (nSPS) is 24.3. The minimum atomic E-state index is -3.69. The number of rotatable bonds is 3. The Kier molecular flexibility index (Phi) is 4.76. The second-order valence-corrected chi connectivity index (χ2v) is 10.2. The van der Waals surface area contributed by atoms with Gasteiger partial charge in [-0.3, -0.25) is 15.1 Å². The van der Waals surface area contributed by atoms with Crippen LogP contribution in [0.4, 0.5) is 5.69 Å². The fourth-order valence-corrected chi connectivity index (χ4v) is 6.21. The van der Waals surface area contributed by atoms with Crippen molar-refractivity contribution in [3.8, 4) is 0 Å². The molecule has 1 spiro atoms. The molecule has 158 valence electrons. The van der Waals surface area contributed by atoms with Gasteiger partial charge in [0.1, 0.15) is 0 Å². The molecule has 4 heterocycles. The number of piperidine rings is 1. The summed E-state index contributed by atoms with van der Waals surface area (Å²) in [5, 5.41) is 3.62. The number of fused-ring (bicyclic) bond motifs is 1. The Morgan fingerprint density at radius 3 is 2.43 bits per heavy atom. The number of benzene rings is 1. The summed E-state index contributed by atoms with van der Waals surface area (Å²) in [5.41, 5.74) is 1.00. The fraction of sp³-hybridized carbons (Fsp3) is 0.429. The van der Waals surface area contributed by atoms with Gasteiger partial charge in [-0.15, -0.1) is 0 Å². The number of pyridine rings is 1. The van der Waals surface area contributed by atoms with Crippen LogP contribution in [0, 0.1) is 0 Å². The van der Waals surface area contributed by atoms with Gasteiger partial charge in [-0.2, -0.15) is 4.31 Å². The number of hydrogen-bond donors (Lipinski definition) is 1. The first kappa shape index (κ1) is 19.5. The van der Waals surface area contributed by atoms with Crippen LogP contribution in [0.15, 0.2) is 59.8 Å². The Bertz CT molecular complexity index is 1020. The number of piperazine rings is 1. The fourth-order valence-electron chi connectivity index (χ4n) is 4.79. The van der Waals surface area contributed by atoms with Crippen molar-refractivity contribution in [1.82, 2.24) is 19.5 Å². The van der Waals surface area contributed by atoms with E-state index in [1.54, 1.807) is 42.7 Å². The number of aromatic nitrogens is 1. The second kappa shape index (κ2) is 7.33. The first-order chi connectivity index (χ1) is 14.5. The van der Waals surface area contributed by atoms with Crippen LogP contribution >= 0.6 is 0 Å². The van der Waals surface area contributed by atoms with E-state index in [2.05, 4.69) is 15.2 Å². The van der Waals surface area contributed by atoms with Crippen molar-refractivity contribution in [2.45, 2.75) is 29.4 Å². The summed E-state index contributed by atoms with van der Waals surface area (Å²) in [6, 6.07) is 12.4. The Hall–Kier alpha value is -2.49. The smallest absolute Gasteiger partial charge is 0.243 e. The van der Waals surface area contributed by atoms with E-state index >= 15 is 0 Å². The maximum absolute atomic E-state index is 13.0. The second-order valence-electron chi connectivity index (χ2n) is 8.27. The van der Waals surface area contributed by atoms with Gasteiger partial charge in [-0.25, -0.2) is 8.42 Å². The number of hydrogen-bond acceptors (Lipinski definition) is 6. The topological polar surface area (TPSA) is 85.8 Å². The van der Waals surface area contributed by atoms with Gasteiger partial charge in [-0.1, -0.05) is 18.2 Å². The third kappa shape index (κ3) is 3.36. The lowest BCUT2D eigenvalue weighted by molar-refractivity contribution is -0.135. The van der Waals surface area contributed by atoms with Gasteiger partial charge in [0.25, 0.3) is 0 Å². The highest BCUT2D eigenvalue weighted by atomic mass is 32.2. The van der Waals surface area contributed by atoms with E-state index in [4.69, 9.17) is 0 Å². The molecule has 0 bridgehead atoms. The summed E-state index contributed by atoms with van der Waals surface area (Å²) < 4.78 is 27.3. The lowest BCUT2D eigenvalue weighted by atomic mass is 9.88. The minimum absolute atomic E-state index is 0.103. The number of sulfonamides is 1. The molecule has 3 fully saturated rings. The maximum Gasteiger partial charge on any atom is 0.243 e. The zero-order chi connectivity index (χ0) is 20.8. The van der Waals surface area contributed by atoms with Gasteiger partial charge in [0.2, 0.25) is 15.9 Å². The monoisotopic (exact) mass is 427 g/mol. The predicted molar refractivity (Wildman–Crippen MR) is 112 cm³/mol. The first-order valence-electron chi connectivity index (χ1n) is 10.2. The predicted octanol–water partition coefficient (Wildman–Crippen LogP) is 0.883. The summed E-state index contributed by atoms with van der Waals surface area (Å²) >= 11 is 0. The number of anilines is 1. The average molecular weight is 428 g/mol. The van der Waals surface area contributed by atoms with E-state index in [1.165, 1.54) is 4.31 Å². The molecule has 0 saturated carbocycles. The van der Waals surface area contributed by atoms with Crippen LogP contribution < -0.4 is 10.2 Å². The van der Waals surface area contributed by atoms with Gasteiger partial charge in [0, 0.05) is 49.8 Å². The van der Waals surface area contributed by atoms with Crippen LogP contribution in [0.5, 0.6) is 0 Å². The Balaban J connectivity index is 1.30. The molecule has 2 aromatic rings. The molecule has 1 aromatic heterocycles. The molecule has 1 aromatic carbocycles. The number of carbonyl (C=O) groups excluding carboxylic acids is 1. The van der Waals surface area contributed by atoms with Crippen molar-refractivity contribution in [3.63, 3.8) is 0 Å². The molecule has 9 heteroatoms. The van der Waals surface area contributed by atoms with Crippen molar-refractivity contribution in [2.75, 3.05) is 37.6 Å². The molecule has 30 heavy (non-hydrogen) atoms. The van der Waals surface area contributed by atoms with Crippen LogP contribution in [0.2, 0.25) is 0 Å². The van der Waals surface area contributed by atoms with Crippen LogP contribution in [-0.2, 0) is 14.8 Å². The zero-order valence-corrected chi connectivity index (χ0v) is 17.5. The van der Waals surface area contributed by atoms with Crippen LogP contribution in [0.3, 0.4) is 0 Å². The van der Waals surface area contributed by atoms with Crippen molar-refractivity contribution < 1.29 is 13.2 Å². The third-order valence-corrected chi connectivity index (χ3v) is 8.29. The molecule has 1 unspecified atom stereocenters. The highest BCUT2D eigenvalue weighted by Gasteiger charge is 2.50. The van der Waals surface area contributed by atoms with E-state index in [9.17, 15) is 13.2 Å². The molecule has 3 saturated heterocycles. The summed E-state index contributed by atoms with van der Waals surface area (Å²) in [5.74, 6) is -0.133. The molecule has 5 rings (SSSR count). The van der Waals surface area contributed by atoms with E-state index in [0.29, 0.717) is 6.54 Å². The van der Waals surface area contributed by atoms with Crippen molar-refractivity contribution in [1.29, 1.82) is 0 Å². The Morgan fingerprint density at radius 1 is 1.03 bits per heavy atom. The molecular weight excluding hydrogens is 402 g/mol. The lowest BCUT2D eigenvalue weighted by Gasteiger charge is -2.40. The van der Waals surface area contributed by atoms with E-state index in [0.717, 1.165) is 31.6 Å². The van der Waals surface area contributed by atoms with Gasteiger partial charge in [0.15, 0.2) is 0 Å². The SMILES string of the molecule is O=C1CN(S(=O)(=O)c2ccccc2)CC2NC3(CCN(c4ccncc4)CC3)CN12. The lowest BCUT2D eigenvalue weighted by Crippen LogP contribution is -2.58. The third-order valence-electron chi connectivity index (χ3n) is 6.46. The quantitative estimate of drug-likeness (QED) is 0.783. The minimum Gasteiger partial charge on any atom is -0.371 e. The van der Waals surface area contributed by atoms with Crippen LogP contribution in [0.1, 0.15) is 12.8 Å². The van der Waals surface area contributed by atoms with E-state index in [-0.39, 0.29) is 35.6 Å². The molecule has 0 aliphatic carbocycles. The van der Waals surface area contributed by atoms with Crippen molar-refractivity contribution >= 4 is 21.6 Å². The van der Waals surface area contributed by atoms with Gasteiger partial charge >= 0.3 is 0 Å². The Morgan fingerprint density at radius 2 is 1.73 bits per heavy atom. The van der Waals surface area contributed by atoms with E-state index < -0.39 is 10.0 Å². The van der Waals surface area contributed by atoms with Crippen molar-refractivity contribution in [2.24, 2.45) is 0 Å². The molecule has 8 nitrogen and oxygen atoms in total. The standard InChI is InChI=1S/C21H25N5O3S/c27-20-15-25(30(28,29)18-4-2-1-3-5-18)14-19-23-21(16-26(19)20)8-12-24(13-9-21)17-6-10-22-11-7-17/h1-7,10-11,19,23H,8-9,12-16H2. The first-order valence-corrected chi connectivity index (χ1v) is 11.7. The largest absolute Gasteiger partial charge is 0.371 e. The maximum atomic E-state index is 13.0. The summed E-state index contributed by atoms with van der Waals surface area (Å²) in [4.78, 5) is 21.3. The Labute approximate surface area is 176 Å². The van der Waals surface area contributed by atoms with Gasteiger partial charge < -0.3 is 9.80 Å². The summed E-state index contributed by atoms with van der Waals surface area (Å²) in [6.45, 7) is 2.59. The van der Waals surface area contributed by atoms with E-state index in [1.807, 2.05) is 17.0 Å². The highest BCUT2D eigenvalue weighted by Crippen LogP contribution is 2.34. The van der Waals surface area contributed by atoms with Gasteiger partial charge in [-0.05, 0) is 37.1 Å². The summed E-state index contributed by atoms with van der Waals surface area (Å²) in [7, 11) is -3.69. The van der Waals surface area contributed by atoms with Crippen molar-refractivity contribution in [3.05, 3.63) is 54.9 Å². The molecule has 1 N–H and O–H groups in total. The highest BCUT2D eigenvalue weighted by molar-refractivity contribution is 7.89. The number of carbonyl (C=O) groups is 1. The number of nitrogens with one attached hydrogen (secondary N) is 1.